The van der Waals surface area contributed by atoms with Crippen LogP contribution in [-0.2, 0) is 21.4 Å². The minimum atomic E-state index is -0.404. The fourth-order valence-corrected chi connectivity index (χ4v) is 7.36. The number of hydrogen-bond acceptors (Lipinski definition) is 3. The summed E-state index contributed by atoms with van der Waals surface area (Å²) in [6.07, 6.45) is 6.93. The van der Waals surface area contributed by atoms with E-state index >= 15 is 0 Å². The molecule has 3 aliphatic rings. The zero-order valence-corrected chi connectivity index (χ0v) is 23.8. The van der Waals surface area contributed by atoms with Gasteiger partial charge in [-0.25, -0.2) is 0 Å². The molecule has 2 unspecified atom stereocenters. The summed E-state index contributed by atoms with van der Waals surface area (Å²) < 4.78 is 0. The number of piperidine rings is 2. The van der Waals surface area contributed by atoms with Gasteiger partial charge in [0.1, 0.15) is 0 Å². The van der Waals surface area contributed by atoms with Crippen molar-refractivity contribution < 1.29 is 9.59 Å². The molecular formula is C33H45N3O2. The number of rotatable bonds is 5. The quantitative estimate of drug-likeness (QED) is 0.551. The Bertz CT molecular complexity index is 1120. The van der Waals surface area contributed by atoms with Crippen molar-refractivity contribution in [2.24, 2.45) is 0 Å². The van der Waals surface area contributed by atoms with Crippen LogP contribution in [0, 0.1) is 20.8 Å². The van der Waals surface area contributed by atoms with Crippen molar-refractivity contribution in [2.75, 3.05) is 32.7 Å². The van der Waals surface area contributed by atoms with Gasteiger partial charge in [-0.3, -0.25) is 9.59 Å². The summed E-state index contributed by atoms with van der Waals surface area (Å²) >= 11 is 0. The number of hydrogen-bond donors (Lipinski definition) is 0. The maximum absolute atomic E-state index is 13.9. The molecule has 3 aliphatic heterocycles. The van der Waals surface area contributed by atoms with Gasteiger partial charge < -0.3 is 14.7 Å². The first-order chi connectivity index (χ1) is 18.3. The van der Waals surface area contributed by atoms with Crippen LogP contribution in [0.5, 0.6) is 0 Å². The van der Waals surface area contributed by atoms with Crippen LogP contribution in [0.1, 0.15) is 73.3 Å². The second kappa shape index (κ2) is 11.2. The Morgan fingerprint density at radius 3 is 2.13 bits per heavy atom. The molecular weight excluding hydrogens is 470 g/mol. The van der Waals surface area contributed by atoms with E-state index < -0.39 is 5.41 Å². The second-order valence-electron chi connectivity index (χ2n) is 12.1. The molecule has 3 saturated heterocycles. The first kappa shape index (κ1) is 26.9. The van der Waals surface area contributed by atoms with Crippen molar-refractivity contribution in [1.82, 2.24) is 14.7 Å². The van der Waals surface area contributed by atoms with Gasteiger partial charge in [0.05, 0.1) is 5.41 Å². The molecule has 0 N–H and O–H groups in total. The van der Waals surface area contributed by atoms with Gasteiger partial charge in [-0.1, -0.05) is 42.5 Å². The SMILES string of the molecule is CC(=O)N1CCC(N2CCC(C(=O)N3CCCC3)(c3ccccc3)CC2)CC1Cc1cc(C)c(C)c(C)c1. The molecule has 0 aliphatic carbocycles. The molecule has 3 heterocycles. The molecule has 0 saturated carbocycles. The average molecular weight is 516 g/mol. The van der Waals surface area contributed by atoms with Crippen LogP contribution in [0.15, 0.2) is 42.5 Å². The molecule has 0 spiro atoms. The topological polar surface area (TPSA) is 43.9 Å². The van der Waals surface area contributed by atoms with E-state index in [0.717, 1.165) is 77.7 Å². The fraction of sp³-hybridized carbons (Fsp3) is 0.576. The van der Waals surface area contributed by atoms with Gasteiger partial charge >= 0.3 is 0 Å². The van der Waals surface area contributed by atoms with E-state index in [4.69, 9.17) is 0 Å². The lowest BCUT2D eigenvalue weighted by Gasteiger charge is -2.48. The van der Waals surface area contributed by atoms with E-state index in [-0.39, 0.29) is 11.9 Å². The molecule has 2 amide bonds. The molecule has 2 atom stereocenters. The third kappa shape index (κ3) is 5.27. The van der Waals surface area contributed by atoms with E-state index in [2.05, 4.69) is 71.9 Å². The van der Waals surface area contributed by atoms with Gasteiger partial charge in [0, 0.05) is 38.6 Å². The molecule has 5 nitrogen and oxygen atoms in total. The smallest absolute Gasteiger partial charge is 0.233 e. The number of likely N-dealkylation sites (tertiary alicyclic amines) is 3. The van der Waals surface area contributed by atoms with Crippen molar-refractivity contribution in [3.8, 4) is 0 Å². The normalized spacial score (nSPS) is 24.0. The highest BCUT2D eigenvalue weighted by Crippen LogP contribution is 2.40. The first-order valence-electron chi connectivity index (χ1n) is 14.7. The van der Waals surface area contributed by atoms with Crippen LogP contribution in [-0.4, -0.2) is 71.3 Å². The second-order valence-corrected chi connectivity index (χ2v) is 12.1. The van der Waals surface area contributed by atoms with Crippen LogP contribution in [0.2, 0.25) is 0 Å². The van der Waals surface area contributed by atoms with Crippen molar-refractivity contribution in [3.05, 3.63) is 70.3 Å². The largest absolute Gasteiger partial charge is 0.342 e. The zero-order chi connectivity index (χ0) is 26.9. The predicted molar refractivity (Wildman–Crippen MR) is 153 cm³/mol. The van der Waals surface area contributed by atoms with Gasteiger partial charge in [0.25, 0.3) is 0 Å². The van der Waals surface area contributed by atoms with Crippen molar-refractivity contribution >= 4 is 11.8 Å². The Balaban J connectivity index is 1.32. The maximum Gasteiger partial charge on any atom is 0.233 e. The van der Waals surface area contributed by atoms with Crippen molar-refractivity contribution in [3.63, 3.8) is 0 Å². The van der Waals surface area contributed by atoms with E-state index in [9.17, 15) is 9.59 Å². The number of carbonyl (C=O) groups excluding carboxylic acids is 2. The van der Waals surface area contributed by atoms with Gasteiger partial charge in [0.2, 0.25) is 11.8 Å². The monoisotopic (exact) mass is 515 g/mol. The summed E-state index contributed by atoms with van der Waals surface area (Å²) in [7, 11) is 0. The van der Waals surface area contributed by atoms with Gasteiger partial charge in [0.15, 0.2) is 0 Å². The molecule has 2 aromatic rings. The summed E-state index contributed by atoms with van der Waals surface area (Å²) in [6, 6.07) is 15.8. The molecule has 3 fully saturated rings. The van der Waals surface area contributed by atoms with E-state index in [1.807, 2.05) is 6.07 Å². The summed E-state index contributed by atoms with van der Waals surface area (Å²) in [6.45, 7) is 12.8. The molecule has 0 aromatic heterocycles. The Labute approximate surface area is 229 Å². The van der Waals surface area contributed by atoms with Gasteiger partial charge in [-0.15, -0.1) is 0 Å². The van der Waals surface area contributed by atoms with Crippen LogP contribution in [0.3, 0.4) is 0 Å². The summed E-state index contributed by atoms with van der Waals surface area (Å²) in [5.74, 6) is 0.530. The lowest BCUT2D eigenvalue weighted by molar-refractivity contribution is -0.139. The zero-order valence-electron chi connectivity index (χ0n) is 23.8. The molecule has 5 rings (SSSR count). The van der Waals surface area contributed by atoms with Gasteiger partial charge in [-0.05, 0) is 107 Å². The summed E-state index contributed by atoms with van der Waals surface area (Å²) in [5, 5.41) is 0. The highest BCUT2D eigenvalue weighted by molar-refractivity contribution is 5.88. The van der Waals surface area contributed by atoms with Crippen LogP contribution in [0.25, 0.3) is 0 Å². The third-order valence-electron chi connectivity index (χ3n) is 9.85. The summed E-state index contributed by atoms with van der Waals surface area (Å²) in [4.78, 5) is 33.4. The minimum Gasteiger partial charge on any atom is -0.342 e. The molecule has 5 heteroatoms. The minimum absolute atomic E-state index is 0.187. The summed E-state index contributed by atoms with van der Waals surface area (Å²) in [5.41, 5.74) is 6.14. The Morgan fingerprint density at radius 2 is 1.53 bits per heavy atom. The highest BCUT2D eigenvalue weighted by Gasteiger charge is 2.47. The first-order valence-corrected chi connectivity index (χ1v) is 14.7. The molecule has 204 valence electrons. The Morgan fingerprint density at radius 1 is 0.895 bits per heavy atom. The Kier molecular flexibility index (Phi) is 7.95. The lowest BCUT2D eigenvalue weighted by Crippen LogP contribution is -2.57. The average Bonchev–Trinajstić information content (AvgIpc) is 3.47. The molecule has 0 radical (unpaired) electrons. The standard InChI is InChI=1S/C33H45N3O2/c1-24-20-28(21-25(2)26(24)3)22-31-23-30(12-17-36(31)27(4)37)34-18-13-33(14-19-34,29-10-6-5-7-11-29)32(38)35-15-8-9-16-35/h5-7,10-11,20-21,30-31H,8-9,12-19,22-23H2,1-4H3. The highest BCUT2D eigenvalue weighted by atomic mass is 16.2. The maximum atomic E-state index is 13.9. The Hall–Kier alpha value is -2.66. The number of benzene rings is 2. The number of nitrogens with zero attached hydrogens (tertiary/aromatic N) is 3. The van der Waals surface area contributed by atoms with Gasteiger partial charge in [-0.2, -0.15) is 0 Å². The predicted octanol–water partition coefficient (Wildman–Crippen LogP) is 5.19. The third-order valence-corrected chi connectivity index (χ3v) is 9.85. The van der Waals surface area contributed by atoms with Crippen LogP contribution in [0.4, 0.5) is 0 Å². The van der Waals surface area contributed by atoms with E-state index in [0.29, 0.717) is 11.9 Å². The number of amides is 2. The van der Waals surface area contributed by atoms with Crippen molar-refractivity contribution in [2.45, 2.75) is 90.1 Å². The number of carbonyl (C=O) groups is 2. The molecule has 38 heavy (non-hydrogen) atoms. The number of aryl methyl sites for hydroxylation is 2. The van der Waals surface area contributed by atoms with Crippen LogP contribution < -0.4 is 0 Å². The van der Waals surface area contributed by atoms with E-state index in [1.165, 1.54) is 27.8 Å². The molecule has 0 bridgehead atoms. The molecule has 2 aromatic carbocycles. The lowest BCUT2D eigenvalue weighted by atomic mass is 9.71. The van der Waals surface area contributed by atoms with E-state index in [1.54, 1.807) is 6.92 Å². The fourth-order valence-electron chi connectivity index (χ4n) is 7.36. The van der Waals surface area contributed by atoms with Crippen LogP contribution >= 0.6 is 0 Å². The van der Waals surface area contributed by atoms with Crippen molar-refractivity contribution in [1.29, 1.82) is 0 Å².